The second kappa shape index (κ2) is 5.47. The summed E-state index contributed by atoms with van der Waals surface area (Å²) in [5.41, 5.74) is 5.85. The van der Waals surface area contributed by atoms with E-state index in [0.29, 0.717) is 18.9 Å². The summed E-state index contributed by atoms with van der Waals surface area (Å²) < 4.78 is 0. The number of piperidine rings is 1. The third-order valence-electron chi connectivity index (χ3n) is 3.02. The number of aliphatic hydroxyl groups is 1. The van der Waals surface area contributed by atoms with Gasteiger partial charge >= 0.3 is 0 Å². The summed E-state index contributed by atoms with van der Waals surface area (Å²) in [5.74, 6) is 0.401. The molecule has 1 saturated heterocycles. The van der Waals surface area contributed by atoms with Crippen molar-refractivity contribution in [3.63, 3.8) is 0 Å². The molecule has 1 amide bonds. The number of amides is 1. The summed E-state index contributed by atoms with van der Waals surface area (Å²) in [6.45, 7) is 5.27. The Kier molecular flexibility index (Phi) is 4.54. The summed E-state index contributed by atoms with van der Waals surface area (Å²) in [6, 6.07) is -0.0726. The molecule has 0 aromatic rings. The van der Waals surface area contributed by atoms with E-state index < -0.39 is 0 Å². The predicted molar refractivity (Wildman–Crippen MR) is 59.3 cm³/mol. The summed E-state index contributed by atoms with van der Waals surface area (Å²) in [7, 11) is 0. The second-order valence-electron chi connectivity index (χ2n) is 4.75. The predicted octanol–water partition coefficient (Wildman–Crippen LogP) is 0.343. The minimum atomic E-state index is -0.349. The lowest BCUT2D eigenvalue weighted by molar-refractivity contribution is -0.134. The molecule has 1 aliphatic rings. The minimum Gasteiger partial charge on any atom is -0.391 e. The molecule has 4 nitrogen and oxygen atoms in total. The van der Waals surface area contributed by atoms with E-state index in [0.717, 1.165) is 19.4 Å². The molecule has 1 rings (SSSR count). The van der Waals surface area contributed by atoms with Gasteiger partial charge in [-0.2, -0.15) is 0 Å². The van der Waals surface area contributed by atoms with E-state index in [9.17, 15) is 9.90 Å². The van der Waals surface area contributed by atoms with Gasteiger partial charge in [-0.15, -0.1) is 0 Å². The van der Waals surface area contributed by atoms with Crippen LogP contribution in [0.1, 0.15) is 33.1 Å². The molecule has 0 radical (unpaired) electrons. The van der Waals surface area contributed by atoms with Gasteiger partial charge in [-0.05, 0) is 18.8 Å². The first-order valence-corrected chi connectivity index (χ1v) is 5.72. The molecule has 2 atom stereocenters. The average Bonchev–Trinajstić information content (AvgIpc) is 2.17. The first kappa shape index (κ1) is 12.5. The van der Waals surface area contributed by atoms with Crippen LogP contribution in [-0.2, 0) is 4.79 Å². The molecule has 1 aliphatic heterocycles. The second-order valence-corrected chi connectivity index (χ2v) is 4.75. The highest BCUT2D eigenvalue weighted by Crippen LogP contribution is 2.13. The van der Waals surface area contributed by atoms with E-state index in [1.165, 1.54) is 0 Å². The van der Waals surface area contributed by atoms with Gasteiger partial charge in [-0.1, -0.05) is 13.8 Å². The Bertz CT molecular complexity index is 219. The highest BCUT2D eigenvalue weighted by molar-refractivity contribution is 5.77. The Morgan fingerprint density at radius 1 is 1.60 bits per heavy atom. The van der Waals surface area contributed by atoms with E-state index in [-0.39, 0.29) is 18.1 Å². The molecule has 0 bridgehead atoms. The number of carbonyl (C=O) groups excluding carboxylic acids is 1. The van der Waals surface area contributed by atoms with Crippen molar-refractivity contribution < 1.29 is 9.90 Å². The summed E-state index contributed by atoms with van der Waals surface area (Å²) in [5, 5.41) is 9.45. The van der Waals surface area contributed by atoms with E-state index in [1.54, 1.807) is 4.90 Å². The third-order valence-corrected chi connectivity index (χ3v) is 3.02. The van der Waals surface area contributed by atoms with Crippen LogP contribution >= 0.6 is 0 Å². The van der Waals surface area contributed by atoms with Crippen LogP contribution in [0.5, 0.6) is 0 Å². The molecule has 0 spiro atoms. The SMILES string of the molecule is CC(C)C(N)CC(=O)N1CCCC(O)C1. The molecule has 1 heterocycles. The Hall–Kier alpha value is -0.610. The smallest absolute Gasteiger partial charge is 0.224 e. The molecule has 0 aliphatic carbocycles. The zero-order valence-electron chi connectivity index (χ0n) is 9.65. The number of likely N-dealkylation sites (tertiary alicyclic amines) is 1. The van der Waals surface area contributed by atoms with Gasteiger partial charge in [0.05, 0.1) is 6.10 Å². The van der Waals surface area contributed by atoms with Crippen molar-refractivity contribution in [2.24, 2.45) is 11.7 Å². The number of nitrogens with zero attached hydrogens (tertiary/aromatic N) is 1. The molecule has 0 aromatic heterocycles. The van der Waals surface area contributed by atoms with Crippen LogP contribution in [0.15, 0.2) is 0 Å². The number of aliphatic hydroxyl groups excluding tert-OH is 1. The van der Waals surface area contributed by atoms with Crippen molar-refractivity contribution in [2.75, 3.05) is 13.1 Å². The molecule has 2 unspecified atom stereocenters. The van der Waals surface area contributed by atoms with Gasteiger partial charge in [0.2, 0.25) is 5.91 Å². The van der Waals surface area contributed by atoms with E-state index in [2.05, 4.69) is 0 Å². The Balaban J connectivity index is 2.39. The third kappa shape index (κ3) is 3.80. The summed E-state index contributed by atoms with van der Waals surface area (Å²) in [6.07, 6.45) is 1.74. The number of rotatable bonds is 3. The fourth-order valence-corrected chi connectivity index (χ4v) is 1.75. The van der Waals surface area contributed by atoms with Crippen LogP contribution < -0.4 is 5.73 Å². The van der Waals surface area contributed by atoms with Crippen LogP contribution in [0.25, 0.3) is 0 Å². The largest absolute Gasteiger partial charge is 0.391 e. The first-order chi connectivity index (χ1) is 7.00. The van der Waals surface area contributed by atoms with Crippen LogP contribution in [0.4, 0.5) is 0 Å². The fourth-order valence-electron chi connectivity index (χ4n) is 1.75. The molecule has 15 heavy (non-hydrogen) atoms. The van der Waals surface area contributed by atoms with Crippen molar-refractivity contribution in [2.45, 2.75) is 45.3 Å². The summed E-state index contributed by atoms with van der Waals surface area (Å²) >= 11 is 0. The van der Waals surface area contributed by atoms with Crippen molar-refractivity contribution in [3.8, 4) is 0 Å². The maximum atomic E-state index is 11.8. The maximum absolute atomic E-state index is 11.8. The van der Waals surface area contributed by atoms with Crippen molar-refractivity contribution in [3.05, 3.63) is 0 Å². The standard InChI is InChI=1S/C11H22N2O2/c1-8(2)10(12)6-11(15)13-5-3-4-9(14)7-13/h8-10,14H,3-7,12H2,1-2H3. The first-order valence-electron chi connectivity index (χ1n) is 5.72. The average molecular weight is 214 g/mol. The van der Waals surface area contributed by atoms with Gasteiger partial charge in [-0.25, -0.2) is 0 Å². The van der Waals surface area contributed by atoms with Crippen molar-refractivity contribution in [1.29, 1.82) is 0 Å². The highest BCUT2D eigenvalue weighted by Gasteiger charge is 2.23. The van der Waals surface area contributed by atoms with Gasteiger partial charge < -0.3 is 15.7 Å². The monoisotopic (exact) mass is 214 g/mol. The number of hydrogen-bond acceptors (Lipinski definition) is 3. The highest BCUT2D eigenvalue weighted by atomic mass is 16.3. The Labute approximate surface area is 91.4 Å². The van der Waals surface area contributed by atoms with Crippen molar-refractivity contribution >= 4 is 5.91 Å². The lowest BCUT2D eigenvalue weighted by Crippen LogP contribution is -2.44. The van der Waals surface area contributed by atoms with Crippen molar-refractivity contribution in [1.82, 2.24) is 4.90 Å². The zero-order chi connectivity index (χ0) is 11.4. The molecular weight excluding hydrogens is 192 g/mol. The lowest BCUT2D eigenvalue weighted by Gasteiger charge is -2.31. The molecule has 88 valence electrons. The normalized spacial score (nSPS) is 24.3. The quantitative estimate of drug-likeness (QED) is 0.712. The topological polar surface area (TPSA) is 66.6 Å². The minimum absolute atomic E-state index is 0.0726. The van der Waals surface area contributed by atoms with E-state index >= 15 is 0 Å². The molecule has 1 fully saturated rings. The fraction of sp³-hybridized carbons (Fsp3) is 0.909. The number of carbonyl (C=O) groups is 1. The molecular formula is C11H22N2O2. The van der Waals surface area contributed by atoms with Crippen LogP contribution in [0.3, 0.4) is 0 Å². The number of hydrogen-bond donors (Lipinski definition) is 2. The van der Waals surface area contributed by atoms with Gasteiger partial charge in [0.15, 0.2) is 0 Å². The van der Waals surface area contributed by atoms with E-state index in [1.807, 2.05) is 13.8 Å². The lowest BCUT2D eigenvalue weighted by atomic mass is 10.0. The zero-order valence-corrected chi connectivity index (χ0v) is 9.65. The van der Waals surface area contributed by atoms with Crippen LogP contribution in [-0.4, -0.2) is 41.1 Å². The molecule has 4 heteroatoms. The number of β-amino-alcohol motifs (C(OH)–C–C–N with tert-alkyl or cyclic N) is 1. The molecule has 3 N–H and O–H groups in total. The molecule has 0 saturated carbocycles. The molecule has 0 aromatic carbocycles. The Morgan fingerprint density at radius 2 is 2.27 bits per heavy atom. The van der Waals surface area contributed by atoms with Gasteiger partial charge in [-0.3, -0.25) is 4.79 Å². The van der Waals surface area contributed by atoms with Gasteiger partial charge in [0.25, 0.3) is 0 Å². The van der Waals surface area contributed by atoms with Crippen LogP contribution in [0, 0.1) is 5.92 Å². The van der Waals surface area contributed by atoms with Gasteiger partial charge in [0.1, 0.15) is 0 Å². The summed E-state index contributed by atoms with van der Waals surface area (Å²) in [4.78, 5) is 13.5. The van der Waals surface area contributed by atoms with E-state index in [4.69, 9.17) is 5.73 Å². The number of nitrogens with two attached hydrogens (primary N) is 1. The van der Waals surface area contributed by atoms with Crippen LogP contribution in [0.2, 0.25) is 0 Å². The van der Waals surface area contributed by atoms with Gasteiger partial charge in [0, 0.05) is 25.6 Å². The maximum Gasteiger partial charge on any atom is 0.224 e. The Morgan fingerprint density at radius 3 is 2.80 bits per heavy atom.